The Bertz CT molecular complexity index is 919. The molecule has 0 aromatic heterocycles. The molecule has 2 heterocycles. The van der Waals surface area contributed by atoms with Gasteiger partial charge < -0.3 is 19.5 Å². The van der Waals surface area contributed by atoms with Gasteiger partial charge in [0.2, 0.25) is 0 Å². The second kappa shape index (κ2) is 6.78. The number of likely N-dealkylation sites (tertiary alicyclic amines) is 1. The molecule has 0 radical (unpaired) electrons. The Hall–Kier alpha value is -2.60. The number of carboxylic acid groups (broad SMARTS) is 1. The van der Waals surface area contributed by atoms with Crippen molar-refractivity contribution in [3.05, 3.63) is 42.5 Å². The highest BCUT2D eigenvalue weighted by molar-refractivity contribution is 5.90. The van der Waals surface area contributed by atoms with Gasteiger partial charge in [-0.2, -0.15) is 0 Å². The number of carboxylic acids is 1. The highest BCUT2D eigenvalue weighted by Gasteiger charge is 2.56. The zero-order valence-corrected chi connectivity index (χ0v) is 16.2. The van der Waals surface area contributed by atoms with Gasteiger partial charge in [-0.3, -0.25) is 9.59 Å². The van der Waals surface area contributed by atoms with E-state index in [9.17, 15) is 14.7 Å². The number of rotatable bonds is 4. The molecule has 2 aliphatic heterocycles. The van der Waals surface area contributed by atoms with Crippen LogP contribution in [0.4, 0.5) is 0 Å². The van der Waals surface area contributed by atoms with E-state index in [-0.39, 0.29) is 25.0 Å². The van der Waals surface area contributed by atoms with Crippen molar-refractivity contribution in [2.75, 3.05) is 26.3 Å². The van der Waals surface area contributed by atoms with Crippen LogP contribution in [0.25, 0.3) is 10.8 Å². The number of amides is 1. The first-order valence-electron chi connectivity index (χ1n) is 9.61. The van der Waals surface area contributed by atoms with E-state index in [1.54, 1.807) is 18.7 Å². The summed E-state index contributed by atoms with van der Waals surface area (Å²) in [5, 5.41) is 11.8. The van der Waals surface area contributed by atoms with E-state index in [1.807, 2.05) is 42.5 Å². The van der Waals surface area contributed by atoms with Crippen LogP contribution in [0.3, 0.4) is 0 Å². The summed E-state index contributed by atoms with van der Waals surface area (Å²) in [4.78, 5) is 26.9. The van der Waals surface area contributed by atoms with Crippen molar-refractivity contribution < 1.29 is 24.2 Å². The first-order valence-corrected chi connectivity index (χ1v) is 9.61. The molecule has 2 atom stereocenters. The Labute approximate surface area is 164 Å². The number of carbonyl (C=O) groups excluding carboxylic acids is 1. The Morgan fingerprint density at radius 2 is 1.96 bits per heavy atom. The van der Waals surface area contributed by atoms with E-state index >= 15 is 0 Å². The van der Waals surface area contributed by atoms with Crippen LogP contribution in [-0.4, -0.2) is 53.8 Å². The Morgan fingerprint density at radius 3 is 2.71 bits per heavy atom. The molecule has 2 fully saturated rings. The molecule has 6 heteroatoms. The van der Waals surface area contributed by atoms with Gasteiger partial charge in [0.1, 0.15) is 11.2 Å². The van der Waals surface area contributed by atoms with E-state index in [2.05, 4.69) is 0 Å². The maximum atomic E-state index is 13.3. The fourth-order valence-electron chi connectivity index (χ4n) is 4.43. The predicted octanol–water partition coefficient (Wildman–Crippen LogP) is 2.95. The third-order valence-electron chi connectivity index (χ3n) is 6.01. The molecule has 6 nitrogen and oxygen atoms in total. The summed E-state index contributed by atoms with van der Waals surface area (Å²) >= 11 is 0. The van der Waals surface area contributed by atoms with Crippen LogP contribution < -0.4 is 4.74 Å². The fourth-order valence-corrected chi connectivity index (χ4v) is 4.43. The van der Waals surface area contributed by atoms with Crippen molar-refractivity contribution in [1.29, 1.82) is 0 Å². The third kappa shape index (κ3) is 3.02. The Morgan fingerprint density at radius 1 is 1.21 bits per heavy atom. The lowest BCUT2D eigenvalue weighted by Crippen LogP contribution is -2.50. The monoisotopic (exact) mass is 383 g/mol. The SMILES string of the molecule is CC(C)(Oc1cccc2ccccc12)C(=O)N1C[C@@H]2CCOC[C@]2(C(=O)O)C1. The van der Waals surface area contributed by atoms with Gasteiger partial charge in [-0.1, -0.05) is 36.4 Å². The zero-order valence-electron chi connectivity index (χ0n) is 16.2. The largest absolute Gasteiger partial charge is 0.481 e. The van der Waals surface area contributed by atoms with E-state index in [1.165, 1.54) is 0 Å². The minimum absolute atomic E-state index is 0.0870. The van der Waals surface area contributed by atoms with Gasteiger partial charge in [-0.25, -0.2) is 0 Å². The summed E-state index contributed by atoms with van der Waals surface area (Å²) in [6.07, 6.45) is 0.653. The van der Waals surface area contributed by atoms with Crippen LogP contribution in [0.5, 0.6) is 5.75 Å². The molecule has 0 bridgehead atoms. The highest BCUT2D eigenvalue weighted by Crippen LogP contribution is 2.42. The highest BCUT2D eigenvalue weighted by atomic mass is 16.5. The fraction of sp³-hybridized carbons (Fsp3) is 0.455. The van der Waals surface area contributed by atoms with Gasteiger partial charge in [0.15, 0.2) is 5.60 Å². The van der Waals surface area contributed by atoms with Crippen molar-refractivity contribution in [2.24, 2.45) is 11.3 Å². The van der Waals surface area contributed by atoms with Crippen molar-refractivity contribution >= 4 is 22.6 Å². The molecular formula is C22H25NO5. The lowest BCUT2D eigenvalue weighted by Gasteiger charge is -2.34. The molecule has 4 rings (SSSR count). The lowest BCUT2D eigenvalue weighted by atomic mass is 9.76. The molecule has 0 saturated carbocycles. The van der Waals surface area contributed by atoms with Crippen molar-refractivity contribution in [2.45, 2.75) is 25.9 Å². The number of carbonyl (C=O) groups is 2. The first kappa shape index (κ1) is 18.7. The van der Waals surface area contributed by atoms with E-state index in [0.717, 1.165) is 10.8 Å². The number of ether oxygens (including phenoxy) is 2. The maximum absolute atomic E-state index is 13.3. The van der Waals surface area contributed by atoms with E-state index in [4.69, 9.17) is 9.47 Å². The summed E-state index contributed by atoms with van der Waals surface area (Å²) in [7, 11) is 0. The van der Waals surface area contributed by atoms with Crippen molar-refractivity contribution in [3.8, 4) is 5.75 Å². The van der Waals surface area contributed by atoms with Crippen molar-refractivity contribution in [1.82, 2.24) is 4.90 Å². The second-order valence-corrected chi connectivity index (χ2v) is 8.27. The molecule has 2 aliphatic rings. The predicted molar refractivity (Wildman–Crippen MR) is 104 cm³/mol. The Balaban J connectivity index is 1.58. The minimum atomic E-state index is -1.11. The second-order valence-electron chi connectivity index (χ2n) is 8.27. The molecule has 1 amide bonds. The average Bonchev–Trinajstić information content (AvgIpc) is 3.08. The molecule has 0 unspecified atom stereocenters. The maximum Gasteiger partial charge on any atom is 0.314 e. The van der Waals surface area contributed by atoms with Crippen LogP contribution in [0.1, 0.15) is 20.3 Å². The summed E-state index contributed by atoms with van der Waals surface area (Å²) in [6.45, 7) is 4.76. The molecule has 28 heavy (non-hydrogen) atoms. The number of hydrogen-bond donors (Lipinski definition) is 1. The van der Waals surface area contributed by atoms with Crippen LogP contribution >= 0.6 is 0 Å². The molecular weight excluding hydrogens is 358 g/mol. The van der Waals surface area contributed by atoms with Crippen molar-refractivity contribution in [3.63, 3.8) is 0 Å². The summed E-state index contributed by atoms with van der Waals surface area (Å²) in [5.74, 6) is -0.531. The Kier molecular flexibility index (Phi) is 4.54. The van der Waals surface area contributed by atoms with Gasteiger partial charge in [0.25, 0.3) is 5.91 Å². The number of hydrogen-bond acceptors (Lipinski definition) is 4. The summed E-state index contributed by atoms with van der Waals surface area (Å²) in [6, 6.07) is 13.6. The number of nitrogens with zero attached hydrogens (tertiary/aromatic N) is 1. The van der Waals surface area contributed by atoms with Gasteiger partial charge in [-0.05, 0) is 37.6 Å². The number of benzene rings is 2. The number of aliphatic carboxylic acids is 1. The van der Waals surface area contributed by atoms with Crippen LogP contribution in [-0.2, 0) is 14.3 Å². The molecule has 1 N–H and O–H groups in total. The molecule has 2 aromatic rings. The lowest BCUT2D eigenvalue weighted by molar-refractivity contribution is -0.160. The topological polar surface area (TPSA) is 76.1 Å². The smallest absolute Gasteiger partial charge is 0.314 e. The molecule has 2 saturated heterocycles. The first-order chi connectivity index (χ1) is 13.3. The van der Waals surface area contributed by atoms with Gasteiger partial charge >= 0.3 is 5.97 Å². The van der Waals surface area contributed by atoms with Gasteiger partial charge in [0, 0.05) is 25.1 Å². The molecule has 2 aromatic carbocycles. The zero-order chi connectivity index (χ0) is 19.9. The van der Waals surface area contributed by atoms with E-state index in [0.29, 0.717) is 25.3 Å². The molecule has 148 valence electrons. The van der Waals surface area contributed by atoms with Crippen LogP contribution in [0.2, 0.25) is 0 Å². The molecule has 0 aliphatic carbocycles. The van der Waals surface area contributed by atoms with Crippen LogP contribution in [0, 0.1) is 11.3 Å². The minimum Gasteiger partial charge on any atom is -0.481 e. The summed E-state index contributed by atoms with van der Waals surface area (Å²) in [5.41, 5.74) is -2.12. The third-order valence-corrected chi connectivity index (χ3v) is 6.01. The quantitative estimate of drug-likeness (QED) is 0.879. The van der Waals surface area contributed by atoms with Gasteiger partial charge in [-0.15, -0.1) is 0 Å². The van der Waals surface area contributed by atoms with Gasteiger partial charge in [0.05, 0.1) is 6.61 Å². The average molecular weight is 383 g/mol. The van der Waals surface area contributed by atoms with Crippen LogP contribution in [0.15, 0.2) is 42.5 Å². The molecule has 0 spiro atoms. The normalized spacial score (nSPS) is 24.8. The number of fused-ring (bicyclic) bond motifs is 2. The standard InChI is InChI=1S/C22H25NO5/c1-21(2,28-18-9-5-7-15-6-3-4-8-17(15)18)19(24)23-12-16-10-11-27-14-22(16,13-23)20(25)26/h3-9,16H,10-14H2,1-2H3,(H,25,26)/t16-,22+/m0/s1. The van der Waals surface area contributed by atoms with E-state index < -0.39 is 17.0 Å². The summed E-state index contributed by atoms with van der Waals surface area (Å²) < 4.78 is 11.6.